The molecule has 37 heavy (non-hydrogen) atoms. The van der Waals surface area contributed by atoms with E-state index in [1.807, 2.05) is 32.0 Å². The Morgan fingerprint density at radius 1 is 1.11 bits per heavy atom. The van der Waals surface area contributed by atoms with Gasteiger partial charge in [0.25, 0.3) is 5.91 Å². The van der Waals surface area contributed by atoms with Crippen LogP contribution in [0.5, 0.6) is 11.5 Å². The SMILES string of the molecule is COc1cc(NC(=O)C(O)NC(C)(C)CN2CCN(c3ccccc3OC)CC2)ccc1-c1cocn1. The van der Waals surface area contributed by atoms with Crippen LogP contribution in [0.3, 0.4) is 0 Å². The molecule has 198 valence electrons. The highest BCUT2D eigenvalue weighted by atomic mass is 16.5. The average Bonchev–Trinajstić information content (AvgIpc) is 3.43. The molecule has 1 fully saturated rings. The second-order valence-electron chi connectivity index (χ2n) is 9.64. The quantitative estimate of drug-likeness (QED) is 0.355. The van der Waals surface area contributed by atoms with Gasteiger partial charge in [0.2, 0.25) is 0 Å². The van der Waals surface area contributed by atoms with Crippen LogP contribution in [0, 0.1) is 0 Å². The Morgan fingerprint density at radius 2 is 1.84 bits per heavy atom. The van der Waals surface area contributed by atoms with Crippen molar-refractivity contribution >= 4 is 17.3 Å². The van der Waals surface area contributed by atoms with Gasteiger partial charge in [0.15, 0.2) is 12.6 Å². The number of anilines is 2. The Balaban J connectivity index is 1.29. The zero-order valence-electron chi connectivity index (χ0n) is 21.7. The lowest BCUT2D eigenvalue weighted by Crippen LogP contribution is -2.58. The monoisotopic (exact) mass is 509 g/mol. The number of rotatable bonds is 10. The minimum Gasteiger partial charge on any atom is -0.496 e. The van der Waals surface area contributed by atoms with Gasteiger partial charge in [0.1, 0.15) is 23.5 Å². The second-order valence-corrected chi connectivity index (χ2v) is 9.64. The molecule has 3 N–H and O–H groups in total. The van der Waals surface area contributed by atoms with Gasteiger partial charge < -0.3 is 29.2 Å². The van der Waals surface area contributed by atoms with Crippen LogP contribution in [0.25, 0.3) is 11.3 Å². The lowest BCUT2D eigenvalue weighted by atomic mass is 10.0. The predicted octanol–water partition coefficient (Wildman–Crippen LogP) is 2.81. The summed E-state index contributed by atoms with van der Waals surface area (Å²) in [6, 6.07) is 13.2. The third-order valence-electron chi connectivity index (χ3n) is 6.37. The topological polar surface area (TPSA) is 112 Å². The maximum absolute atomic E-state index is 12.7. The van der Waals surface area contributed by atoms with Crippen LogP contribution >= 0.6 is 0 Å². The molecule has 4 rings (SSSR count). The molecule has 10 heteroatoms. The second kappa shape index (κ2) is 11.6. The zero-order chi connectivity index (χ0) is 26.4. The fourth-order valence-corrected chi connectivity index (χ4v) is 4.61. The lowest BCUT2D eigenvalue weighted by molar-refractivity contribution is -0.126. The van der Waals surface area contributed by atoms with Gasteiger partial charge in [-0.2, -0.15) is 0 Å². The van der Waals surface area contributed by atoms with Gasteiger partial charge >= 0.3 is 0 Å². The molecule has 0 aliphatic carbocycles. The summed E-state index contributed by atoms with van der Waals surface area (Å²) in [5, 5.41) is 16.4. The number of para-hydroxylation sites is 2. The van der Waals surface area contributed by atoms with Crippen LogP contribution in [0.4, 0.5) is 11.4 Å². The van der Waals surface area contributed by atoms with Gasteiger partial charge in [0.05, 0.1) is 19.9 Å². The number of methoxy groups -OCH3 is 2. The van der Waals surface area contributed by atoms with Gasteiger partial charge in [0, 0.05) is 55.6 Å². The normalized spacial score (nSPS) is 15.3. The van der Waals surface area contributed by atoms with E-state index in [9.17, 15) is 9.90 Å². The van der Waals surface area contributed by atoms with Crippen molar-refractivity contribution < 1.29 is 23.8 Å². The number of aliphatic hydroxyl groups excluding tert-OH is 1. The van der Waals surface area contributed by atoms with E-state index >= 15 is 0 Å². The predicted molar refractivity (Wildman–Crippen MR) is 142 cm³/mol. The number of amides is 1. The van der Waals surface area contributed by atoms with Crippen LogP contribution in [-0.4, -0.2) is 79.6 Å². The highest BCUT2D eigenvalue weighted by Gasteiger charge is 2.29. The van der Waals surface area contributed by atoms with Crippen molar-refractivity contribution in [3.8, 4) is 22.8 Å². The number of carbonyl (C=O) groups excluding carboxylic acids is 1. The van der Waals surface area contributed by atoms with E-state index in [0.29, 0.717) is 23.7 Å². The number of nitrogens with zero attached hydrogens (tertiary/aromatic N) is 3. The van der Waals surface area contributed by atoms with Gasteiger partial charge in [-0.05, 0) is 38.1 Å². The summed E-state index contributed by atoms with van der Waals surface area (Å²) in [5.41, 5.74) is 2.46. The molecule has 2 aromatic carbocycles. The number of hydrogen-bond acceptors (Lipinski definition) is 9. The Kier molecular flexibility index (Phi) is 8.32. The Morgan fingerprint density at radius 3 is 2.51 bits per heavy atom. The summed E-state index contributed by atoms with van der Waals surface area (Å²) in [4.78, 5) is 21.5. The minimum atomic E-state index is -1.38. The first-order valence-electron chi connectivity index (χ1n) is 12.2. The van der Waals surface area contributed by atoms with Crippen LogP contribution in [0.15, 0.2) is 59.5 Å². The molecule has 1 aromatic heterocycles. The molecule has 1 unspecified atom stereocenters. The third-order valence-corrected chi connectivity index (χ3v) is 6.37. The van der Waals surface area contributed by atoms with E-state index in [-0.39, 0.29) is 0 Å². The smallest absolute Gasteiger partial charge is 0.268 e. The van der Waals surface area contributed by atoms with E-state index in [0.717, 1.165) is 43.2 Å². The number of nitrogens with one attached hydrogen (secondary N) is 2. The molecule has 1 aliphatic rings. The van der Waals surface area contributed by atoms with Crippen LogP contribution in [-0.2, 0) is 4.79 Å². The van der Waals surface area contributed by atoms with Crippen molar-refractivity contribution in [3.05, 3.63) is 55.1 Å². The van der Waals surface area contributed by atoms with Crippen molar-refractivity contribution in [2.75, 3.05) is 57.2 Å². The minimum absolute atomic E-state index is 0.500. The lowest BCUT2D eigenvalue weighted by Gasteiger charge is -2.40. The summed E-state index contributed by atoms with van der Waals surface area (Å²) in [6.45, 7) is 8.10. The number of oxazole rings is 1. The Hall–Kier alpha value is -3.60. The number of piperazine rings is 1. The zero-order valence-corrected chi connectivity index (χ0v) is 21.7. The molecule has 2 heterocycles. The molecular weight excluding hydrogens is 474 g/mol. The van der Waals surface area contributed by atoms with E-state index in [1.54, 1.807) is 32.4 Å². The molecule has 10 nitrogen and oxygen atoms in total. The molecule has 1 aliphatic heterocycles. The number of aliphatic hydroxyl groups is 1. The fourth-order valence-electron chi connectivity index (χ4n) is 4.61. The largest absolute Gasteiger partial charge is 0.496 e. The van der Waals surface area contributed by atoms with Crippen molar-refractivity contribution in [2.45, 2.75) is 25.6 Å². The molecule has 0 bridgehead atoms. The van der Waals surface area contributed by atoms with Crippen LogP contribution in [0.2, 0.25) is 0 Å². The van der Waals surface area contributed by atoms with Crippen molar-refractivity contribution in [3.63, 3.8) is 0 Å². The highest BCUT2D eigenvalue weighted by Crippen LogP contribution is 2.31. The van der Waals surface area contributed by atoms with Gasteiger partial charge in [-0.15, -0.1) is 0 Å². The molecule has 1 amide bonds. The molecule has 0 spiro atoms. The summed E-state index contributed by atoms with van der Waals surface area (Å²) >= 11 is 0. The first kappa shape index (κ1) is 26.5. The summed E-state index contributed by atoms with van der Waals surface area (Å²) in [5.74, 6) is 0.851. The molecular formula is C27H35N5O5. The van der Waals surface area contributed by atoms with E-state index < -0.39 is 17.7 Å². The van der Waals surface area contributed by atoms with E-state index in [4.69, 9.17) is 13.9 Å². The molecule has 1 saturated heterocycles. The van der Waals surface area contributed by atoms with Crippen LogP contribution < -0.4 is 25.0 Å². The average molecular weight is 510 g/mol. The van der Waals surface area contributed by atoms with Crippen molar-refractivity contribution in [1.29, 1.82) is 0 Å². The number of hydrogen-bond donors (Lipinski definition) is 3. The number of carbonyl (C=O) groups is 1. The van der Waals surface area contributed by atoms with Crippen molar-refractivity contribution in [1.82, 2.24) is 15.2 Å². The fraction of sp³-hybridized carbons (Fsp3) is 0.407. The summed E-state index contributed by atoms with van der Waals surface area (Å²) in [6.07, 6.45) is 1.48. The number of benzene rings is 2. The maximum Gasteiger partial charge on any atom is 0.268 e. The van der Waals surface area contributed by atoms with Gasteiger partial charge in [-0.3, -0.25) is 15.0 Å². The van der Waals surface area contributed by atoms with E-state index in [1.165, 1.54) is 12.7 Å². The Bertz CT molecular complexity index is 1180. The highest BCUT2D eigenvalue weighted by molar-refractivity contribution is 5.94. The molecule has 0 radical (unpaired) electrons. The van der Waals surface area contributed by atoms with E-state index in [2.05, 4.69) is 31.5 Å². The number of aromatic nitrogens is 1. The molecule has 0 saturated carbocycles. The summed E-state index contributed by atoms with van der Waals surface area (Å²) in [7, 11) is 3.23. The van der Waals surface area contributed by atoms with Gasteiger partial charge in [-0.1, -0.05) is 12.1 Å². The first-order chi connectivity index (χ1) is 17.8. The standard InChI is InChI=1S/C27H35N5O5/c1-27(2,17-31-11-13-32(14-12-31)22-7-5-6-8-23(22)35-3)30-26(34)25(33)29-19-9-10-20(24(15-19)36-4)21-16-37-18-28-21/h5-10,15-16,18,26,30,34H,11-14,17H2,1-4H3,(H,29,33). The molecule has 3 aromatic rings. The molecule has 1 atom stereocenters. The van der Waals surface area contributed by atoms with Gasteiger partial charge in [-0.25, -0.2) is 4.98 Å². The number of ether oxygens (including phenoxy) is 2. The summed E-state index contributed by atoms with van der Waals surface area (Å²) < 4.78 is 16.0. The van der Waals surface area contributed by atoms with Crippen molar-refractivity contribution in [2.24, 2.45) is 0 Å². The maximum atomic E-state index is 12.7. The first-order valence-corrected chi connectivity index (χ1v) is 12.2. The Labute approximate surface area is 217 Å². The third kappa shape index (κ3) is 6.59. The van der Waals surface area contributed by atoms with Crippen LogP contribution in [0.1, 0.15) is 13.8 Å².